The monoisotopic (exact) mass is 172 g/mol. The van der Waals surface area contributed by atoms with Gasteiger partial charge in [0.25, 0.3) is 0 Å². The third-order valence-electron chi connectivity index (χ3n) is 2.57. The molecule has 74 valence electrons. The predicted molar refractivity (Wildman–Crippen MR) is 54.9 cm³/mol. The van der Waals surface area contributed by atoms with E-state index in [-0.39, 0.29) is 0 Å². The van der Waals surface area contributed by atoms with Crippen LogP contribution < -0.4 is 11.5 Å². The lowest BCUT2D eigenvalue weighted by Crippen LogP contribution is -2.24. The molecule has 0 aromatic heterocycles. The summed E-state index contributed by atoms with van der Waals surface area (Å²) >= 11 is 0. The van der Waals surface area contributed by atoms with Crippen LogP contribution in [-0.4, -0.2) is 13.1 Å². The largest absolute Gasteiger partial charge is 0.330 e. The summed E-state index contributed by atoms with van der Waals surface area (Å²) in [6, 6.07) is 0. The minimum absolute atomic E-state index is 0.370. The molecule has 0 saturated carbocycles. The SMILES string of the molecule is CCC(CN)CC(C)(C)CCN. The minimum atomic E-state index is 0.370. The molecule has 1 unspecified atom stereocenters. The van der Waals surface area contributed by atoms with Crippen molar-refractivity contribution >= 4 is 0 Å². The molecule has 0 amide bonds. The number of hydrogen-bond donors (Lipinski definition) is 2. The normalized spacial score (nSPS) is 14.8. The summed E-state index contributed by atoms with van der Waals surface area (Å²) in [7, 11) is 0. The first-order valence-corrected chi connectivity index (χ1v) is 4.96. The van der Waals surface area contributed by atoms with Gasteiger partial charge in [-0.05, 0) is 37.3 Å². The van der Waals surface area contributed by atoms with Crippen LogP contribution in [0.2, 0.25) is 0 Å². The second-order valence-corrected chi connectivity index (χ2v) is 4.42. The Labute approximate surface area is 76.7 Å². The second kappa shape index (κ2) is 5.55. The standard InChI is InChI=1S/C10H24N2/c1-4-9(8-12)7-10(2,3)5-6-11/h9H,4-8,11-12H2,1-3H3. The van der Waals surface area contributed by atoms with E-state index < -0.39 is 0 Å². The lowest BCUT2D eigenvalue weighted by Gasteiger charge is -2.28. The predicted octanol–water partition coefficient (Wildman–Crippen LogP) is 1.74. The van der Waals surface area contributed by atoms with E-state index in [1.807, 2.05) is 0 Å². The van der Waals surface area contributed by atoms with Crippen LogP contribution in [0.3, 0.4) is 0 Å². The third-order valence-corrected chi connectivity index (χ3v) is 2.57. The quantitative estimate of drug-likeness (QED) is 0.641. The lowest BCUT2D eigenvalue weighted by atomic mass is 9.79. The molecule has 4 N–H and O–H groups in total. The molecule has 0 bridgehead atoms. The molecule has 0 fully saturated rings. The van der Waals surface area contributed by atoms with Crippen LogP contribution >= 0.6 is 0 Å². The van der Waals surface area contributed by atoms with Crippen molar-refractivity contribution in [3.63, 3.8) is 0 Å². The smallest absolute Gasteiger partial charge is 0.00488 e. The van der Waals surface area contributed by atoms with Crippen LogP contribution in [0.1, 0.15) is 40.0 Å². The van der Waals surface area contributed by atoms with E-state index in [9.17, 15) is 0 Å². The Morgan fingerprint density at radius 3 is 2.17 bits per heavy atom. The van der Waals surface area contributed by atoms with E-state index in [1.165, 1.54) is 12.8 Å². The molecule has 1 atom stereocenters. The second-order valence-electron chi connectivity index (χ2n) is 4.42. The van der Waals surface area contributed by atoms with Gasteiger partial charge in [-0.1, -0.05) is 27.2 Å². The van der Waals surface area contributed by atoms with Crippen molar-refractivity contribution in [3.8, 4) is 0 Å². The fourth-order valence-corrected chi connectivity index (χ4v) is 1.67. The first kappa shape index (κ1) is 11.9. The molecular formula is C10H24N2. The summed E-state index contributed by atoms with van der Waals surface area (Å²) in [6.45, 7) is 8.35. The van der Waals surface area contributed by atoms with Crippen molar-refractivity contribution in [2.75, 3.05) is 13.1 Å². The van der Waals surface area contributed by atoms with E-state index in [4.69, 9.17) is 11.5 Å². The molecule has 0 spiro atoms. The Morgan fingerprint density at radius 2 is 1.83 bits per heavy atom. The van der Waals surface area contributed by atoms with Crippen LogP contribution in [0.15, 0.2) is 0 Å². The highest BCUT2D eigenvalue weighted by atomic mass is 14.6. The van der Waals surface area contributed by atoms with Gasteiger partial charge in [-0.25, -0.2) is 0 Å². The number of rotatable bonds is 6. The van der Waals surface area contributed by atoms with Crippen LogP contribution in [0, 0.1) is 11.3 Å². The zero-order chi connectivity index (χ0) is 9.61. The minimum Gasteiger partial charge on any atom is -0.330 e. The maximum Gasteiger partial charge on any atom is -0.00488 e. The molecule has 2 heteroatoms. The summed E-state index contributed by atoms with van der Waals surface area (Å²) in [5, 5.41) is 0. The third kappa shape index (κ3) is 4.73. The molecule has 0 heterocycles. The first-order chi connectivity index (χ1) is 5.55. The van der Waals surface area contributed by atoms with Gasteiger partial charge < -0.3 is 11.5 Å². The average molecular weight is 172 g/mol. The summed E-state index contributed by atoms with van der Waals surface area (Å²) in [5.74, 6) is 0.673. The van der Waals surface area contributed by atoms with Crippen molar-refractivity contribution in [1.29, 1.82) is 0 Å². The number of hydrogen-bond acceptors (Lipinski definition) is 2. The molecule has 12 heavy (non-hydrogen) atoms. The molecule has 0 aliphatic heterocycles. The van der Waals surface area contributed by atoms with E-state index in [2.05, 4.69) is 20.8 Å². The van der Waals surface area contributed by atoms with Crippen LogP contribution in [0.5, 0.6) is 0 Å². The maximum atomic E-state index is 5.66. The highest BCUT2D eigenvalue weighted by Crippen LogP contribution is 2.29. The Morgan fingerprint density at radius 1 is 1.25 bits per heavy atom. The highest BCUT2D eigenvalue weighted by molar-refractivity contribution is 4.73. The Balaban J connectivity index is 3.84. The zero-order valence-electron chi connectivity index (χ0n) is 8.77. The first-order valence-electron chi connectivity index (χ1n) is 4.96. The van der Waals surface area contributed by atoms with Crippen molar-refractivity contribution in [2.45, 2.75) is 40.0 Å². The van der Waals surface area contributed by atoms with Gasteiger partial charge in [0.1, 0.15) is 0 Å². The van der Waals surface area contributed by atoms with Gasteiger partial charge in [-0.3, -0.25) is 0 Å². The van der Waals surface area contributed by atoms with E-state index >= 15 is 0 Å². The fraction of sp³-hybridized carbons (Fsp3) is 1.00. The molecule has 0 radical (unpaired) electrons. The van der Waals surface area contributed by atoms with Gasteiger partial charge in [0.15, 0.2) is 0 Å². The van der Waals surface area contributed by atoms with Gasteiger partial charge in [-0.15, -0.1) is 0 Å². The molecule has 0 rings (SSSR count). The summed E-state index contributed by atoms with van der Waals surface area (Å²) in [4.78, 5) is 0. The van der Waals surface area contributed by atoms with Crippen LogP contribution in [0.25, 0.3) is 0 Å². The molecule has 0 aliphatic rings. The molecular weight excluding hydrogens is 148 g/mol. The van der Waals surface area contributed by atoms with Crippen molar-refractivity contribution in [3.05, 3.63) is 0 Å². The van der Waals surface area contributed by atoms with Crippen LogP contribution in [0.4, 0.5) is 0 Å². The van der Waals surface area contributed by atoms with Crippen molar-refractivity contribution < 1.29 is 0 Å². The number of nitrogens with two attached hydrogens (primary N) is 2. The average Bonchev–Trinajstić information content (AvgIpc) is 2.00. The molecule has 0 aromatic carbocycles. The fourth-order valence-electron chi connectivity index (χ4n) is 1.67. The van der Waals surface area contributed by atoms with E-state index in [0.29, 0.717) is 11.3 Å². The van der Waals surface area contributed by atoms with E-state index in [0.717, 1.165) is 19.5 Å². The molecule has 0 aliphatic carbocycles. The summed E-state index contributed by atoms with van der Waals surface area (Å²) in [6.07, 6.45) is 3.49. The molecule has 2 nitrogen and oxygen atoms in total. The Hall–Kier alpha value is -0.0800. The molecule has 0 aromatic rings. The van der Waals surface area contributed by atoms with Gasteiger partial charge in [-0.2, -0.15) is 0 Å². The maximum absolute atomic E-state index is 5.66. The van der Waals surface area contributed by atoms with Gasteiger partial charge in [0.2, 0.25) is 0 Å². The lowest BCUT2D eigenvalue weighted by molar-refractivity contribution is 0.250. The van der Waals surface area contributed by atoms with Crippen molar-refractivity contribution in [1.82, 2.24) is 0 Å². The Kier molecular flexibility index (Phi) is 5.51. The van der Waals surface area contributed by atoms with Gasteiger partial charge >= 0.3 is 0 Å². The van der Waals surface area contributed by atoms with Crippen LogP contribution in [-0.2, 0) is 0 Å². The Bertz CT molecular complexity index is 106. The summed E-state index contributed by atoms with van der Waals surface area (Å²) in [5.41, 5.74) is 11.6. The highest BCUT2D eigenvalue weighted by Gasteiger charge is 2.20. The topological polar surface area (TPSA) is 52.0 Å². The van der Waals surface area contributed by atoms with E-state index in [1.54, 1.807) is 0 Å². The molecule has 0 saturated heterocycles. The van der Waals surface area contributed by atoms with Crippen molar-refractivity contribution in [2.24, 2.45) is 22.8 Å². The van der Waals surface area contributed by atoms with Gasteiger partial charge in [0.05, 0.1) is 0 Å². The summed E-state index contributed by atoms with van der Waals surface area (Å²) < 4.78 is 0. The zero-order valence-corrected chi connectivity index (χ0v) is 8.77. The van der Waals surface area contributed by atoms with Gasteiger partial charge in [0, 0.05) is 0 Å².